The molecular weight excluding hydrogens is 418 g/mol. The molecule has 1 aromatic carbocycles. The Bertz CT molecular complexity index is 1350. The molecule has 4 heterocycles. The second kappa shape index (κ2) is 8.67. The van der Waals surface area contributed by atoms with Crippen LogP contribution in [0.15, 0.2) is 42.5 Å². The van der Waals surface area contributed by atoms with Gasteiger partial charge in [-0.05, 0) is 63.7 Å². The summed E-state index contributed by atoms with van der Waals surface area (Å²) in [6, 6.07) is 13.3. The topological polar surface area (TPSA) is 106 Å². The van der Waals surface area contributed by atoms with Crippen molar-refractivity contribution in [3.63, 3.8) is 0 Å². The van der Waals surface area contributed by atoms with E-state index in [1.807, 2.05) is 52.6 Å². The molecule has 0 radical (unpaired) electrons. The summed E-state index contributed by atoms with van der Waals surface area (Å²) in [5.41, 5.74) is 3.31. The number of carbonyl (C=O) groups is 2. The van der Waals surface area contributed by atoms with Crippen LogP contribution in [-0.2, 0) is 6.54 Å². The molecule has 0 saturated carbocycles. The first-order valence-corrected chi connectivity index (χ1v) is 11.3. The van der Waals surface area contributed by atoms with Crippen LogP contribution in [-0.4, -0.2) is 51.1 Å². The van der Waals surface area contributed by atoms with Crippen LogP contribution in [0.3, 0.4) is 0 Å². The van der Waals surface area contributed by atoms with E-state index in [4.69, 9.17) is 0 Å². The lowest BCUT2D eigenvalue weighted by atomic mass is 10.2. The predicted octanol–water partition coefficient (Wildman–Crippen LogP) is 2.94. The molecular formula is C24H27N7O2. The predicted molar refractivity (Wildman–Crippen MR) is 128 cm³/mol. The Morgan fingerprint density at radius 1 is 1.21 bits per heavy atom. The number of carbonyl (C=O) groups excluding carboxylic acids is 2. The summed E-state index contributed by atoms with van der Waals surface area (Å²) in [6.07, 6.45) is 1.71. The molecule has 5 rings (SSSR count). The molecule has 1 unspecified atom stereocenters. The zero-order valence-electron chi connectivity index (χ0n) is 18.8. The molecule has 33 heavy (non-hydrogen) atoms. The third-order valence-corrected chi connectivity index (χ3v) is 6.13. The number of aromatic nitrogens is 4. The van der Waals surface area contributed by atoms with Gasteiger partial charge in [-0.3, -0.25) is 14.9 Å². The van der Waals surface area contributed by atoms with Crippen LogP contribution in [0.25, 0.3) is 22.1 Å². The second-order valence-corrected chi connectivity index (χ2v) is 8.39. The van der Waals surface area contributed by atoms with E-state index in [9.17, 15) is 9.59 Å². The smallest absolute Gasteiger partial charge is 0.276 e. The number of rotatable bonds is 6. The molecule has 4 aromatic rings. The number of para-hydroxylation sites is 2. The van der Waals surface area contributed by atoms with E-state index in [0.717, 1.165) is 42.4 Å². The van der Waals surface area contributed by atoms with Gasteiger partial charge in [0, 0.05) is 24.5 Å². The zero-order valence-corrected chi connectivity index (χ0v) is 18.8. The first-order valence-electron chi connectivity index (χ1n) is 11.3. The highest BCUT2D eigenvalue weighted by atomic mass is 16.2. The number of fused-ring (bicyclic) bond motifs is 4. The highest BCUT2D eigenvalue weighted by molar-refractivity contribution is 6.04. The molecule has 0 spiro atoms. The molecule has 9 heteroatoms. The molecule has 0 saturated heterocycles. The number of benzene rings is 1. The Labute approximate surface area is 191 Å². The molecule has 3 N–H and O–H groups in total. The van der Waals surface area contributed by atoms with Crippen LogP contribution < -0.4 is 16.0 Å². The van der Waals surface area contributed by atoms with Gasteiger partial charge in [-0.15, -0.1) is 0 Å². The fraction of sp³-hybridized carbons (Fsp3) is 0.333. The van der Waals surface area contributed by atoms with Crippen LogP contribution >= 0.6 is 0 Å². The quantitative estimate of drug-likeness (QED) is 0.396. The van der Waals surface area contributed by atoms with Gasteiger partial charge in [-0.25, -0.2) is 9.97 Å². The SMILES string of the molecule is CNCCCn1c(NC(=O)c2ccc3cc4n(c3n2)C(C)CCNC4=O)nc2ccccc21. The van der Waals surface area contributed by atoms with Crippen molar-refractivity contribution in [2.45, 2.75) is 32.4 Å². The number of nitrogens with zero attached hydrogens (tertiary/aromatic N) is 4. The van der Waals surface area contributed by atoms with E-state index in [-0.39, 0.29) is 23.6 Å². The number of amides is 2. The van der Waals surface area contributed by atoms with E-state index in [1.54, 1.807) is 6.07 Å². The fourth-order valence-corrected chi connectivity index (χ4v) is 4.43. The summed E-state index contributed by atoms with van der Waals surface area (Å²) in [4.78, 5) is 34.9. The molecule has 1 aliphatic heterocycles. The van der Waals surface area contributed by atoms with Gasteiger partial charge in [0.2, 0.25) is 5.95 Å². The summed E-state index contributed by atoms with van der Waals surface area (Å²) in [7, 11) is 1.92. The largest absolute Gasteiger partial charge is 0.351 e. The van der Waals surface area contributed by atoms with Gasteiger partial charge in [-0.2, -0.15) is 0 Å². The van der Waals surface area contributed by atoms with Gasteiger partial charge in [0.1, 0.15) is 17.0 Å². The molecule has 0 fully saturated rings. The van der Waals surface area contributed by atoms with Crippen molar-refractivity contribution < 1.29 is 9.59 Å². The lowest BCUT2D eigenvalue weighted by Crippen LogP contribution is -2.22. The lowest BCUT2D eigenvalue weighted by molar-refractivity contribution is 0.0950. The van der Waals surface area contributed by atoms with Crippen molar-refractivity contribution in [3.8, 4) is 0 Å². The number of hydrogen-bond donors (Lipinski definition) is 3. The average Bonchev–Trinajstić information content (AvgIpc) is 3.33. The minimum atomic E-state index is -0.330. The maximum atomic E-state index is 13.2. The first kappa shape index (κ1) is 21.1. The maximum absolute atomic E-state index is 13.2. The van der Waals surface area contributed by atoms with Crippen LogP contribution in [0, 0.1) is 0 Å². The normalized spacial score (nSPS) is 15.9. The number of anilines is 1. The van der Waals surface area contributed by atoms with E-state index in [1.165, 1.54) is 0 Å². The molecule has 1 aliphatic rings. The Balaban J connectivity index is 1.49. The summed E-state index contributed by atoms with van der Waals surface area (Å²) < 4.78 is 3.96. The maximum Gasteiger partial charge on any atom is 0.276 e. The minimum absolute atomic E-state index is 0.0960. The van der Waals surface area contributed by atoms with E-state index < -0.39 is 0 Å². The van der Waals surface area contributed by atoms with E-state index in [0.29, 0.717) is 23.8 Å². The minimum Gasteiger partial charge on any atom is -0.351 e. The Morgan fingerprint density at radius 2 is 2.06 bits per heavy atom. The van der Waals surface area contributed by atoms with Crippen molar-refractivity contribution in [1.82, 2.24) is 29.7 Å². The summed E-state index contributed by atoms with van der Waals surface area (Å²) in [5, 5.41) is 9.86. The van der Waals surface area contributed by atoms with Crippen molar-refractivity contribution in [1.29, 1.82) is 0 Å². The highest BCUT2D eigenvalue weighted by Crippen LogP contribution is 2.27. The van der Waals surface area contributed by atoms with E-state index in [2.05, 4.69) is 32.8 Å². The van der Waals surface area contributed by atoms with Crippen molar-refractivity contribution in [2.24, 2.45) is 0 Å². The molecule has 3 aromatic heterocycles. The Kier molecular flexibility index (Phi) is 5.55. The molecule has 2 amide bonds. The number of aryl methyl sites for hydroxylation is 1. The standard InChI is InChI=1S/C24H27N7O2/c1-15-10-12-26-23(33)20-14-16-8-9-18(27-21(16)31(15)20)22(32)29-24-28-17-6-3-4-7-19(17)30(24)13-5-11-25-2/h3-4,6-9,14-15,25H,5,10-13H2,1-2H3,(H,26,33)(H,28,29,32). The summed E-state index contributed by atoms with van der Waals surface area (Å²) >= 11 is 0. The monoisotopic (exact) mass is 445 g/mol. The van der Waals surface area contributed by atoms with Crippen LogP contribution in [0.2, 0.25) is 0 Å². The van der Waals surface area contributed by atoms with Crippen molar-refractivity contribution >= 4 is 39.8 Å². The van der Waals surface area contributed by atoms with Crippen LogP contribution in [0.1, 0.15) is 46.8 Å². The number of hydrogen-bond acceptors (Lipinski definition) is 5. The van der Waals surface area contributed by atoms with Gasteiger partial charge >= 0.3 is 0 Å². The summed E-state index contributed by atoms with van der Waals surface area (Å²) in [6.45, 7) is 4.27. The molecule has 0 bridgehead atoms. The third-order valence-electron chi connectivity index (χ3n) is 6.13. The zero-order chi connectivity index (χ0) is 22.9. The Hall–Kier alpha value is -3.72. The molecule has 0 aliphatic carbocycles. The van der Waals surface area contributed by atoms with Gasteiger partial charge < -0.3 is 19.8 Å². The average molecular weight is 446 g/mol. The summed E-state index contributed by atoms with van der Waals surface area (Å²) in [5.74, 6) is 0.0583. The van der Waals surface area contributed by atoms with Gasteiger partial charge in [0.05, 0.1) is 11.0 Å². The fourth-order valence-electron chi connectivity index (χ4n) is 4.43. The van der Waals surface area contributed by atoms with Crippen molar-refractivity contribution in [2.75, 3.05) is 25.5 Å². The molecule has 9 nitrogen and oxygen atoms in total. The van der Waals surface area contributed by atoms with Gasteiger partial charge in [-0.1, -0.05) is 12.1 Å². The first-order chi connectivity index (χ1) is 16.1. The molecule has 1 atom stereocenters. The highest BCUT2D eigenvalue weighted by Gasteiger charge is 2.24. The Morgan fingerprint density at radius 3 is 2.91 bits per heavy atom. The molecule has 170 valence electrons. The second-order valence-electron chi connectivity index (χ2n) is 8.39. The number of nitrogens with one attached hydrogen (secondary N) is 3. The van der Waals surface area contributed by atoms with Gasteiger partial charge in [0.15, 0.2) is 0 Å². The van der Waals surface area contributed by atoms with E-state index >= 15 is 0 Å². The number of pyridine rings is 1. The van der Waals surface area contributed by atoms with Gasteiger partial charge in [0.25, 0.3) is 11.8 Å². The lowest BCUT2D eigenvalue weighted by Gasteiger charge is -2.14. The van der Waals surface area contributed by atoms with Crippen LogP contribution in [0.4, 0.5) is 5.95 Å². The third kappa shape index (κ3) is 3.84. The van der Waals surface area contributed by atoms with Crippen LogP contribution in [0.5, 0.6) is 0 Å². The van der Waals surface area contributed by atoms with Crippen molar-refractivity contribution in [3.05, 3.63) is 53.9 Å². The number of imidazole rings is 1.